The SMILES string of the molecule is COCOc1c(Br)c(CO)cc2sccc12. The van der Waals surface area contributed by atoms with Crippen LogP contribution >= 0.6 is 27.3 Å². The van der Waals surface area contributed by atoms with Crippen molar-refractivity contribution in [3.8, 4) is 5.75 Å². The van der Waals surface area contributed by atoms with Crippen molar-refractivity contribution in [2.75, 3.05) is 13.9 Å². The van der Waals surface area contributed by atoms with E-state index in [0.717, 1.165) is 25.9 Å². The van der Waals surface area contributed by atoms with Crippen molar-refractivity contribution in [2.45, 2.75) is 6.61 Å². The van der Waals surface area contributed by atoms with Gasteiger partial charge in [0.15, 0.2) is 6.79 Å². The van der Waals surface area contributed by atoms with Gasteiger partial charge in [0.25, 0.3) is 0 Å². The van der Waals surface area contributed by atoms with Gasteiger partial charge in [-0.15, -0.1) is 11.3 Å². The molecule has 0 saturated carbocycles. The molecule has 0 aliphatic rings. The van der Waals surface area contributed by atoms with Crippen molar-refractivity contribution in [2.24, 2.45) is 0 Å². The van der Waals surface area contributed by atoms with Gasteiger partial charge in [0.2, 0.25) is 0 Å². The molecule has 16 heavy (non-hydrogen) atoms. The van der Waals surface area contributed by atoms with Gasteiger partial charge < -0.3 is 14.6 Å². The molecule has 0 spiro atoms. The average Bonchev–Trinajstić information content (AvgIpc) is 2.75. The maximum Gasteiger partial charge on any atom is 0.188 e. The molecule has 1 aromatic carbocycles. The Balaban J connectivity index is 2.56. The van der Waals surface area contributed by atoms with E-state index in [1.807, 2.05) is 17.5 Å². The van der Waals surface area contributed by atoms with Gasteiger partial charge in [0.05, 0.1) is 11.1 Å². The molecule has 5 heteroatoms. The zero-order chi connectivity index (χ0) is 11.5. The Hall–Kier alpha value is -0.620. The Bertz CT molecular complexity index is 495. The molecule has 2 aromatic rings. The number of halogens is 1. The number of ether oxygens (including phenoxy) is 2. The number of aliphatic hydroxyl groups is 1. The van der Waals surface area contributed by atoms with Gasteiger partial charge in [0.1, 0.15) is 5.75 Å². The first-order valence-electron chi connectivity index (χ1n) is 4.69. The van der Waals surface area contributed by atoms with Gasteiger partial charge in [-0.05, 0) is 39.0 Å². The van der Waals surface area contributed by atoms with Crippen molar-refractivity contribution >= 4 is 37.4 Å². The number of benzene rings is 1. The molecule has 0 aliphatic carbocycles. The fourth-order valence-electron chi connectivity index (χ4n) is 1.48. The molecule has 1 aromatic heterocycles. The Labute approximate surface area is 106 Å². The predicted molar refractivity (Wildman–Crippen MR) is 68.0 cm³/mol. The fraction of sp³-hybridized carbons (Fsp3) is 0.273. The average molecular weight is 303 g/mol. The summed E-state index contributed by atoms with van der Waals surface area (Å²) in [5.41, 5.74) is 0.820. The minimum Gasteiger partial charge on any atom is -0.466 e. The summed E-state index contributed by atoms with van der Waals surface area (Å²) in [5.74, 6) is 0.727. The molecular weight excluding hydrogens is 292 g/mol. The quantitative estimate of drug-likeness (QED) is 0.882. The number of hydrogen-bond donors (Lipinski definition) is 1. The van der Waals surface area contributed by atoms with Gasteiger partial charge in [-0.25, -0.2) is 0 Å². The van der Waals surface area contributed by atoms with E-state index >= 15 is 0 Å². The third-order valence-electron chi connectivity index (χ3n) is 2.22. The lowest BCUT2D eigenvalue weighted by atomic mass is 10.1. The summed E-state index contributed by atoms with van der Waals surface area (Å²) in [4.78, 5) is 0. The molecule has 0 unspecified atom stereocenters. The molecule has 0 aliphatic heterocycles. The van der Waals surface area contributed by atoms with Crippen LogP contribution in [-0.2, 0) is 11.3 Å². The van der Waals surface area contributed by atoms with Crippen LogP contribution in [0.5, 0.6) is 5.75 Å². The van der Waals surface area contributed by atoms with Crippen LogP contribution in [0.15, 0.2) is 22.0 Å². The second-order valence-electron chi connectivity index (χ2n) is 3.22. The summed E-state index contributed by atoms with van der Waals surface area (Å²) >= 11 is 5.06. The summed E-state index contributed by atoms with van der Waals surface area (Å²) in [6.45, 7) is 0.177. The number of thiophene rings is 1. The van der Waals surface area contributed by atoms with E-state index < -0.39 is 0 Å². The highest BCUT2D eigenvalue weighted by molar-refractivity contribution is 9.10. The zero-order valence-corrected chi connectivity index (χ0v) is 11.1. The van der Waals surface area contributed by atoms with Gasteiger partial charge >= 0.3 is 0 Å². The first-order valence-corrected chi connectivity index (χ1v) is 6.36. The van der Waals surface area contributed by atoms with Crippen molar-refractivity contribution in [3.05, 3.63) is 27.5 Å². The van der Waals surface area contributed by atoms with Crippen molar-refractivity contribution in [1.82, 2.24) is 0 Å². The monoisotopic (exact) mass is 302 g/mol. The molecule has 1 heterocycles. The normalized spacial score (nSPS) is 10.9. The topological polar surface area (TPSA) is 38.7 Å². The number of hydrogen-bond acceptors (Lipinski definition) is 4. The highest BCUT2D eigenvalue weighted by Gasteiger charge is 2.13. The largest absolute Gasteiger partial charge is 0.466 e. The van der Waals surface area contributed by atoms with Crippen molar-refractivity contribution in [3.63, 3.8) is 0 Å². The number of fused-ring (bicyclic) bond motifs is 1. The van der Waals surface area contributed by atoms with Crippen LogP contribution < -0.4 is 4.74 Å². The van der Waals surface area contributed by atoms with Crippen LogP contribution in [0.25, 0.3) is 10.1 Å². The number of methoxy groups -OCH3 is 1. The molecule has 0 saturated heterocycles. The van der Waals surface area contributed by atoms with Crippen LogP contribution in [0.1, 0.15) is 5.56 Å². The fourth-order valence-corrected chi connectivity index (χ4v) is 2.90. The molecular formula is C11H11BrO3S. The molecule has 1 N–H and O–H groups in total. The Morgan fingerprint density at radius 1 is 1.50 bits per heavy atom. The highest BCUT2D eigenvalue weighted by Crippen LogP contribution is 2.39. The van der Waals surface area contributed by atoms with E-state index in [1.54, 1.807) is 18.4 Å². The molecule has 0 amide bonds. The standard InChI is InChI=1S/C11H11BrO3S/c1-14-6-15-11-8-2-3-16-9(8)4-7(5-13)10(11)12/h2-4,13H,5-6H2,1H3. The second-order valence-corrected chi connectivity index (χ2v) is 4.96. The summed E-state index contributed by atoms with van der Waals surface area (Å²) in [6.07, 6.45) is 0. The highest BCUT2D eigenvalue weighted by atomic mass is 79.9. The van der Waals surface area contributed by atoms with E-state index in [1.165, 1.54) is 0 Å². The molecule has 0 radical (unpaired) electrons. The zero-order valence-electron chi connectivity index (χ0n) is 8.70. The van der Waals surface area contributed by atoms with E-state index in [9.17, 15) is 5.11 Å². The maximum atomic E-state index is 9.25. The van der Waals surface area contributed by atoms with Gasteiger partial charge in [0, 0.05) is 17.2 Å². The molecule has 86 valence electrons. The lowest BCUT2D eigenvalue weighted by Crippen LogP contribution is -2.01. The maximum absolute atomic E-state index is 9.25. The minimum absolute atomic E-state index is 0.0161. The van der Waals surface area contributed by atoms with Crippen molar-refractivity contribution in [1.29, 1.82) is 0 Å². The summed E-state index contributed by atoms with van der Waals surface area (Å²) in [7, 11) is 1.58. The van der Waals surface area contributed by atoms with E-state index in [0.29, 0.717) is 0 Å². The first-order chi connectivity index (χ1) is 7.77. The van der Waals surface area contributed by atoms with Crippen LogP contribution in [0.3, 0.4) is 0 Å². The molecule has 0 fully saturated rings. The van der Waals surface area contributed by atoms with Crippen LogP contribution in [0.2, 0.25) is 0 Å². The second kappa shape index (κ2) is 5.14. The minimum atomic E-state index is -0.0161. The van der Waals surface area contributed by atoms with E-state index in [4.69, 9.17) is 9.47 Å². The lowest BCUT2D eigenvalue weighted by molar-refractivity contribution is 0.0516. The summed E-state index contributed by atoms with van der Waals surface area (Å²) in [6, 6.07) is 3.96. The molecule has 0 bridgehead atoms. The van der Waals surface area contributed by atoms with Gasteiger partial charge in [-0.3, -0.25) is 0 Å². The predicted octanol–water partition coefficient (Wildman–Crippen LogP) is 3.14. The Kier molecular flexibility index (Phi) is 3.81. The molecule has 2 rings (SSSR count). The van der Waals surface area contributed by atoms with Crippen molar-refractivity contribution < 1.29 is 14.6 Å². The smallest absolute Gasteiger partial charge is 0.188 e. The van der Waals surface area contributed by atoms with Gasteiger partial charge in [-0.1, -0.05) is 0 Å². The number of aliphatic hydroxyl groups excluding tert-OH is 1. The van der Waals surface area contributed by atoms with Crippen LogP contribution in [-0.4, -0.2) is 19.0 Å². The Morgan fingerprint density at radius 3 is 3.00 bits per heavy atom. The molecule has 0 atom stereocenters. The van der Waals surface area contributed by atoms with Crippen LogP contribution in [0.4, 0.5) is 0 Å². The third-order valence-corrected chi connectivity index (χ3v) is 3.95. The Morgan fingerprint density at radius 2 is 2.31 bits per heavy atom. The number of rotatable bonds is 4. The van der Waals surface area contributed by atoms with Crippen LogP contribution in [0, 0.1) is 0 Å². The first kappa shape index (κ1) is 11.9. The third kappa shape index (κ3) is 2.08. The lowest BCUT2D eigenvalue weighted by Gasteiger charge is -2.11. The molecule has 3 nitrogen and oxygen atoms in total. The van der Waals surface area contributed by atoms with E-state index in [2.05, 4.69) is 15.9 Å². The summed E-state index contributed by atoms with van der Waals surface area (Å²) in [5, 5.41) is 12.3. The summed E-state index contributed by atoms with van der Waals surface area (Å²) < 4.78 is 12.3. The van der Waals surface area contributed by atoms with E-state index in [-0.39, 0.29) is 13.4 Å². The van der Waals surface area contributed by atoms with Gasteiger partial charge in [-0.2, -0.15) is 0 Å².